The number of nitrogens with zero attached hydrogens (tertiary/aromatic N) is 8. The van der Waals surface area contributed by atoms with Crippen LogP contribution in [-0.4, -0.2) is 42.8 Å². The van der Waals surface area contributed by atoms with Crippen LogP contribution in [0.4, 0.5) is 0 Å². The Balaban J connectivity index is 1.14. The first-order valence-electron chi connectivity index (χ1n) is 20.2. The van der Waals surface area contributed by atoms with E-state index in [-0.39, 0.29) is 0 Å². The highest BCUT2D eigenvalue weighted by Gasteiger charge is 2.28. The lowest BCUT2D eigenvalue weighted by atomic mass is 9.97. The summed E-state index contributed by atoms with van der Waals surface area (Å²) in [6.07, 6.45) is 31.5. The molecule has 12 heteroatoms. The summed E-state index contributed by atoms with van der Waals surface area (Å²) < 4.78 is 0.848. The molecular formula is C52H29BrN8S3. The van der Waals surface area contributed by atoms with E-state index in [2.05, 4.69) is 144 Å². The van der Waals surface area contributed by atoms with Gasteiger partial charge >= 0.3 is 0 Å². The molecule has 12 heterocycles. The molecule has 0 radical (unpaired) electrons. The number of aliphatic imine (C=N–C) groups is 4. The van der Waals surface area contributed by atoms with Gasteiger partial charge in [-0.25, -0.2) is 20.0 Å². The molecule has 8 bridgehead atoms. The average molecular weight is 942 g/mol. The van der Waals surface area contributed by atoms with Crippen molar-refractivity contribution < 1.29 is 0 Å². The van der Waals surface area contributed by atoms with Crippen molar-refractivity contribution in [3.05, 3.63) is 222 Å². The van der Waals surface area contributed by atoms with Crippen LogP contribution in [-0.2, 0) is 0 Å². The summed E-state index contributed by atoms with van der Waals surface area (Å²) in [5.74, 6) is 0. The molecule has 0 fully saturated rings. The van der Waals surface area contributed by atoms with Crippen LogP contribution in [0.3, 0.4) is 0 Å². The van der Waals surface area contributed by atoms with Crippen molar-refractivity contribution in [2.24, 2.45) is 20.0 Å². The van der Waals surface area contributed by atoms with E-state index >= 15 is 0 Å². The molecule has 0 amide bonds. The standard InChI is InChI=1S/C52H29BrN8S3/c53-40-18-39(25-57-26-40)52-47-7-5-45(60-47)50(37-16-34(20-55-23-37)31-10-13-63-28-31)43-3-1-41(58-43)49(36-15-33(19-54-22-36)30-9-12-62-27-30)42-2-4-44(59-42)51(46-6-8-48(52)61-46)38-17-35(21-56-24-38)32-11-14-64-29-32/h1-29H. The molecular weight excluding hydrogens is 913 g/mol. The molecule has 12 rings (SSSR count). The highest BCUT2D eigenvalue weighted by Crippen LogP contribution is 2.40. The van der Waals surface area contributed by atoms with Crippen LogP contribution in [0, 0.1) is 0 Å². The molecule has 7 aromatic heterocycles. The lowest BCUT2D eigenvalue weighted by Crippen LogP contribution is -2.04. The zero-order valence-corrected chi connectivity index (χ0v) is 37.5. The minimum Gasteiger partial charge on any atom is -0.263 e. The van der Waals surface area contributed by atoms with Gasteiger partial charge in [0.05, 0.1) is 45.6 Å². The zero-order chi connectivity index (χ0) is 42.6. The molecule has 302 valence electrons. The molecule has 7 aromatic rings. The fraction of sp³-hybridized carbons (Fsp3) is 0. The monoisotopic (exact) mass is 940 g/mol. The third-order valence-corrected chi connectivity index (χ3v) is 13.7. The average Bonchev–Trinajstić information content (AvgIpc) is 4.17. The zero-order valence-electron chi connectivity index (χ0n) is 33.4. The van der Waals surface area contributed by atoms with Crippen molar-refractivity contribution in [1.82, 2.24) is 19.9 Å². The van der Waals surface area contributed by atoms with Crippen LogP contribution in [0.15, 0.2) is 220 Å². The van der Waals surface area contributed by atoms with Crippen LogP contribution < -0.4 is 0 Å². The summed E-state index contributed by atoms with van der Waals surface area (Å²) in [6, 6.07) is 14.9. The minimum atomic E-state index is 0.748. The van der Waals surface area contributed by atoms with Crippen LogP contribution >= 0.6 is 49.9 Å². The van der Waals surface area contributed by atoms with Gasteiger partial charge in [0.1, 0.15) is 0 Å². The molecule has 0 atom stereocenters. The van der Waals surface area contributed by atoms with E-state index in [1.807, 2.05) is 43.4 Å². The molecule has 0 N–H and O–H groups in total. The Morgan fingerprint density at radius 2 is 0.609 bits per heavy atom. The van der Waals surface area contributed by atoms with Gasteiger partial charge in [-0.1, -0.05) is 0 Å². The van der Waals surface area contributed by atoms with Gasteiger partial charge in [-0.15, -0.1) is 0 Å². The number of halogens is 1. The quantitative estimate of drug-likeness (QED) is 0.159. The van der Waals surface area contributed by atoms with Gasteiger partial charge < -0.3 is 0 Å². The van der Waals surface area contributed by atoms with E-state index in [1.54, 1.807) is 40.2 Å². The molecule has 64 heavy (non-hydrogen) atoms. The second kappa shape index (κ2) is 16.2. The van der Waals surface area contributed by atoms with Crippen molar-refractivity contribution in [2.45, 2.75) is 0 Å². The normalized spacial score (nSPS) is 16.4. The van der Waals surface area contributed by atoms with Crippen molar-refractivity contribution in [1.29, 1.82) is 0 Å². The van der Waals surface area contributed by atoms with E-state index in [0.29, 0.717) is 0 Å². The Hall–Kier alpha value is -7.22. The molecule has 5 aliphatic heterocycles. The first-order valence-corrected chi connectivity index (χ1v) is 23.8. The first-order chi connectivity index (χ1) is 31.6. The molecule has 8 nitrogen and oxygen atoms in total. The van der Waals surface area contributed by atoms with Crippen LogP contribution in [0.5, 0.6) is 0 Å². The fourth-order valence-electron chi connectivity index (χ4n) is 8.31. The molecule has 0 spiro atoms. The van der Waals surface area contributed by atoms with Gasteiger partial charge in [-0.05, 0) is 156 Å². The molecule has 0 saturated carbocycles. The van der Waals surface area contributed by atoms with E-state index in [0.717, 1.165) is 128 Å². The number of hydrogen-bond acceptors (Lipinski definition) is 11. The molecule has 0 unspecified atom stereocenters. The maximum atomic E-state index is 5.47. The smallest absolute Gasteiger partial charge is 0.0738 e. The number of rotatable bonds is 7. The Labute approximate surface area is 388 Å². The lowest BCUT2D eigenvalue weighted by Gasteiger charge is -2.13. The summed E-state index contributed by atoms with van der Waals surface area (Å²) in [4.78, 5) is 40.6. The first kappa shape index (κ1) is 38.5. The van der Waals surface area contributed by atoms with Crippen LogP contribution in [0.2, 0.25) is 0 Å². The van der Waals surface area contributed by atoms with Gasteiger partial charge in [0.2, 0.25) is 0 Å². The summed E-state index contributed by atoms with van der Waals surface area (Å²) in [5, 5.41) is 12.7. The Kier molecular flexibility index (Phi) is 9.71. The summed E-state index contributed by atoms with van der Waals surface area (Å²) in [7, 11) is 0. The molecule has 0 aromatic carbocycles. The molecule has 0 aliphatic carbocycles. The minimum absolute atomic E-state index is 0.748. The predicted octanol–water partition coefficient (Wildman–Crippen LogP) is 13.2. The number of allylic oxidation sites excluding steroid dienone is 12. The summed E-state index contributed by atoms with van der Waals surface area (Å²) in [6.45, 7) is 0. The van der Waals surface area contributed by atoms with Crippen molar-refractivity contribution >= 4 is 95.1 Å². The number of pyridine rings is 4. The second-order valence-electron chi connectivity index (χ2n) is 15.2. The van der Waals surface area contributed by atoms with Gasteiger partial charge in [-0.3, -0.25) is 19.9 Å². The van der Waals surface area contributed by atoms with E-state index in [4.69, 9.17) is 34.9 Å². The second-order valence-corrected chi connectivity index (χ2v) is 18.4. The van der Waals surface area contributed by atoms with Crippen LogP contribution in [0.1, 0.15) is 22.3 Å². The molecule has 0 saturated heterocycles. The van der Waals surface area contributed by atoms with Crippen molar-refractivity contribution in [2.75, 3.05) is 0 Å². The van der Waals surface area contributed by atoms with Gasteiger partial charge in [0, 0.05) is 115 Å². The maximum absolute atomic E-state index is 5.47. The highest BCUT2D eigenvalue weighted by atomic mass is 79.9. The van der Waals surface area contributed by atoms with E-state index in [1.165, 1.54) is 0 Å². The summed E-state index contributed by atoms with van der Waals surface area (Å²) in [5.41, 5.74) is 19.3. The third kappa shape index (κ3) is 7.06. The summed E-state index contributed by atoms with van der Waals surface area (Å²) >= 11 is 8.66. The topological polar surface area (TPSA) is 101 Å². The van der Waals surface area contributed by atoms with Gasteiger partial charge in [0.15, 0.2) is 0 Å². The number of hydrogen-bond donors (Lipinski definition) is 0. The Morgan fingerprint density at radius 1 is 0.312 bits per heavy atom. The Morgan fingerprint density at radius 3 is 0.906 bits per heavy atom. The van der Waals surface area contributed by atoms with Gasteiger partial charge in [-0.2, -0.15) is 34.0 Å². The highest BCUT2D eigenvalue weighted by molar-refractivity contribution is 9.10. The van der Waals surface area contributed by atoms with Crippen LogP contribution in [0.25, 0.3) is 55.7 Å². The van der Waals surface area contributed by atoms with E-state index < -0.39 is 0 Å². The SMILES string of the molecule is Brc1cncc(C2=C3C=CC(=N3)C(c3cncc(-c4ccsc4)c3)=C3C=CC(=N3)C(c3cncc(-c4ccsc4)c3)=C3C=CC(=N3)C(c3cncc(-c4ccsc4)c3)=C3C=CC2=N3)c1. The van der Waals surface area contributed by atoms with Crippen molar-refractivity contribution in [3.63, 3.8) is 0 Å². The lowest BCUT2D eigenvalue weighted by molar-refractivity contribution is 1.28. The largest absolute Gasteiger partial charge is 0.263 e. The maximum Gasteiger partial charge on any atom is 0.0738 e. The fourth-order valence-corrected chi connectivity index (χ4v) is 10.7. The predicted molar refractivity (Wildman–Crippen MR) is 269 cm³/mol. The Bertz CT molecular complexity index is 3400. The number of thiophene rings is 3. The molecule has 5 aliphatic rings. The van der Waals surface area contributed by atoms with Crippen molar-refractivity contribution in [3.8, 4) is 33.4 Å². The number of aromatic nitrogens is 4. The number of fused-ring (bicyclic) bond motifs is 4. The third-order valence-electron chi connectivity index (χ3n) is 11.2. The van der Waals surface area contributed by atoms with E-state index in [9.17, 15) is 0 Å². The van der Waals surface area contributed by atoms with Gasteiger partial charge in [0.25, 0.3) is 0 Å².